The SMILES string of the molecule is C[C@@H]1C[C@H]([C@H](O)C(C)(C)C)O[C@H]2C1[C@@]1(C)CC[C@@]34C[C@@]35CC[C@H](O)C(C)(C)[C@@H]5CC[C@H]4[C@]1(C)[C@H]2O. The van der Waals surface area contributed by atoms with E-state index in [9.17, 15) is 15.3 Å². The van der Waals surface area contributed by atoms with E-state index < -0.39 is 12.2 Å². The van der Waals surface area contributed by atoms with E-state index in [2.05, 4.69) is 55.4 Å². The van der Waals surface area contributed by atoms with Crippen LogP contribution in [0.25, 0.3) is 0 Å². The van der Waals surface area contributed by atoms with Crippen LogP contribution in [0, 0.1) is 56.2 Å². The molecule has 2 spiro atoms. The van der Waals surface area contributed by atoms with Gasteiger partial charge in [0.15, 0.2) is 0 Å². The van der Waals surface area contributed by atoms with E-state index in [1.54, 1.807) is 0 Å². The molecule has 200 valence electrons. The highest BCUT2D eigenvalue weighted by Gasteiger charge is 2.84. The standard InChI is InChI=1S/C31H52O4/c1-17-15-18(24(33)26(2,3)4)35-23-22(17)28(7)13-14-31-16-30(31)12-11-21(32)27(5,6)19(30)9-10-20(31)29(28,8)25(23)34/h17-25,32-34H,9-16H2,1-8H3/t17-,18-,19+,20+,21+,22?,23+,24+,25+,28-,29-,30-,31+/m1/s1. The van der Waals surface area contributed by atoms with E-state index in [1.807, 2.05) is 0 Å². The molecule has 1 unspecified atom stereocenters. The Morgan fingerprint density at radius 2 is 1.51 bits per heavy atom. The molecule has 0 bridgehead atoms. The van der Waals surface area contributed by atoms with Gasteiger partial charge in [0.25, 0.3) is 0 Å². The normalized spacial score (nSPS) is 59.4. The van der Waals surface area contributed by atoms with Crippen LogP contribution in [-0.2, 0) is 4.74 Å². The van der Waals surface area contributed by atoms with E-state index in [-0.39, 0.29) is 40.0 Å². The number of aliphatic hydroxyl groups is 3. The predicted molar refractivity (Wildman–Crippen MR) is 138 cm³/mol. The molecular formula is C31H52O4. The molecule has 35 heavy (non-hydrogen) atoms. The Labute approximate surface area is 213 Å². The third kappa shape index (κ3) is 2.74. The van der Waals surface area contributed by atoms with Crippen LogP contribution in [0.4, 0.5) is 0 Å². The van der Waals surface area contributed by atoms with Crippen LogP contribution in [0.1, 0.15) is 107 Å². The van der Waals surface area contributed by atoms with Gasteiger partial charge in [-0.05, 0) is 102 Å². The number of hydrogen-bond donors (Lipinski definition) is 3. The van der Waals surface area contributed by atoms with E-state index in [1.165, 1.54) is 38.5 Å². The molecule has 0 aromatic carbocycles. The first-order valence-electron chi connectivity index (χ1n) is 14.8. The van der Waals surface area contributed by atoms with Crippen molar-refractivity contribution in [3.05, 3.63) is 0 Å². The second-order valence-corrected chi connectivity index (χ2v) is 16.4. The van der Waals surface area contributed by atoms with Crippen molar-refractivity contribution >= 4 is 0 Å². The van der Waals surface area contributed by atoms with Crippen molar-refractivity contribution in [1.82, 2.24) is 0 Å². The first-order chi connectivity index (χ1) is 16.1. The van der Waals surface area contributed by atoms with Crippen molar-refractivity contribution < 1.29 is 20.1 Å². The van der Waals surface area contributed by atoms with Gasteiger partial charge in [0.2, 0.25) is 0 Å². The first-order valence-corrected chi connectivity index (χ1v) is 14.8. The minimum absolute atomic E-state index is 0.00933. The molecule has 6 aliphatic rings. The van der Waals surface area contributed by atoms with Gasteiger partial charge in [-0.3, -0.25) is 0 Å². The van der Waals surface area contributed by atoms with Crippen LogP contribution in [0.2, 0.25) is 0 Å². The van der Waals surface area contributed by atoms with Gasteiger partial charge in [-0.25, -0.2) is 0 Å². The highest BCUT2D eigenvalue weighted by atomic mass is 16.5. The fourth-order valence-electron chi connectivity index (χ4n) is 12.1. The first kappa shape index (κ1) is 25.1. The van der Waals surface area contributed by atoms with E-state index in [0.717, 1.165) is 12.8 Å². The summed E-state index contributed by atoms with van der Waals surface area (Å²) >= 11 is 0. The summed E-state index contributed by atoms with van der Waals surface area (Å²) in [6, 6.07) is 0. The van der Waals surface area contributed by atoms with Crippen LogP contribution in [0.3, 0.4) is 0 Å². The second-order valence-electron chi connectivity index (χ2n) is 16.4. The van der Waals surface area contributed by atoms with Gasteiger partial charge >= 0.3 is 0 Å². The molecule has 4 nitrogen and oxygen atoms in total. The highest BCUT2D eigenvalue weighted by Crippen LogP contribution is 2.89. The third-order valence-electron chi connectivity index (χ3n) is 14.0. The van der Waals surface area contributed by atoms with Crippen molar-refractivity contribution in [2.24, 2.45) is 56.2 Å². The molecule has 4 heteroatoms. The zero-order valence-electron chi connectivity index (χ0n) is 23.6. The van der Waals surface area contributed by atoms with Crippen molar-refractivity contribution in [3.8, 4) is 0 Å². The average Bonchev–Trinajstić information content (AvgIpc) is 3.40. The summed E-state index contributed by atoms with van der Waals surface area (Å²) in [5.74, 6) is 1.91. The van der Waals surface area contributed by atoms with Crippen LogP contribution in [0.15, 0.2) is 0 Å². The molecule has 13 atom stereocenters. The van der Waals surface area contributed by atoms with Crippen molar-refractivity contribution in [3.63, 3.8) is 0 Å². The van der Waals surface area contributed by atoms with Crippen molar-refractivity contribution in [1.29, 1.82) is 0 Å². The van der Waals surface area contributed by atoms with Gasteiger partial charge in [-0.15, -0.1) is 0 Å². The Morgan fingerprint density at radius 3 is 2.17 bits per heavy atom. The van der Waals surface area contributed by atoms with E-state index in [0.29, 0.717) is 34.5 Å². The number of rotatable bonds is 1. The van der Waals surface area contributed by atoms with Gasteiger partial charge in [0.05, 0.1) is 30.5 Å². The molecule has 0 aromatic heterocycles. The number of aliphatic hydroxyl groups excluding tert-OH is 3. The van der Waals surface area contributed by atoms with Gasteiger partial charge < -0.3 is 20.1 Å². The monoisotopic (exact) mass is 488 g/mol. The van der Waals surface area contributed by atoms with Crippen LogP contribution in [0.5, 0.6) is 0 Å². The Hall–Kier alpha value is -0.160. The molecule has 1 heterocycles. The smallest absolute Gasteiger partial charge is 0.0880 e. The molecule has 1 aliphatic heterocycles. The minimum atomic E-state index is -0.522. The molecule has 3 N–H and O–H groups in total. The molecule has 6 fully saturated rings. The van der Waals surface area contributed by atoms with Crippen LogP contribution in [-0.4, -0.2) is 45.8 Å². The molecule has 6 rings (SSSR count). The van der Waals surface area contributed by atoms with Crippen LogP contribution < -0.4 is 0 Å². The lowest BCUT2D eigenvalue weighted by Crippen LogP contribution is -2.59. The molecule has 0 radical (unpaired) electrons. The highest BCUT2D eigenvalue weighted by molar-refractivity contribution is 5.32. The molecule has 5 saturated carbocycles. The second kappa shape index (κ2) is 7.07. The third-order valence-corrected chi connectivity index (χ3v) is 14.0. The Morgan fingerprint density at radius 1 is 0.886 bits per heavy atom. The van der Waals surface area contributed by atoms with E-state index in [4.69, 9.17) is 4.74 Å². The summed E-state index contributed by atoms with van der Waals surface area (Å²) in [6.07, 6.45) is 7.55. The lowest BCUT2D eigenvalue weighted by molar-refractivity contribution is -0.189. The Balaban J connectivity index is 1.36. The Kier molecular flexibility index (Phi) is 5.08. The zero-order chi connectivity index (χ0) is 25.6. The fourth-order valence-corrected chi connectivity index (χ4v) is 12.1. The van der Waals surface area contributed by atoms with Crippen molar-refractivity contribution in [2.75, 3.05) is 0 Å². The number of hydrogen-bond acceptors (Lipinski definition) is 4. The average molecular weight is 489 g/mol. The van der Waals surface area contributed by atoms with Gasteiger partial charge in [-0.2, -0.15) is 0 Å². The summed E-state index contributed by atoms with van der Waals surface area (Å²) in [6.45, 7) is 18.2. The molecule has 0 amide bonds. The summed E-state index contributed by atoms with van der Waals surface area (Å²) in [5, 5.41) is 34.3. The maximum Gasteiger partial charge on any atom is 0.0880 e. The molecule has 5 aliphatic carbocycles. The minimum Gasteiger partial charge on any atom is -0.393 e. The lowest BCUT2D eigenvalue weighted by Gasteiger charge is -2.63. The van der Waals surface area contributed by atoms with Gasteiger partial charge in [0.1, 0.15) is 0 Å². The largest absolute Gasteiger partial charge is 0.393 e. The molecular weight excluding hydrogens is 436 g/mol. The van der Waals surface area contributed by atoms with E-state index >= 15 is 0 Å². The lowest BCUT2D eigenvalue weighted by atomic mass is 9.41. The van der Waals surface area contributed by atoms with Crippen molar-refractivity contribution in [2.45, 2.75) is 137 Å². The summed E-state index contributed by atoms with van der Waals surface area (Å²) < 4.78 is 6.75. The van der Waals surface area contributed by atoms with Crippen LogP contribution >= 0.6 is 0 Å². The zero-order valence-corrected chi connectivity index (χ0v) is 23.6. The number of fused-ring (bicyclic) bond motifs is 4. The fraction of sp³-hybridized carbons (Fsp3) is 1.00. The topological polar surface area (TPSA) is 69.9 Å². The molecule has 1 saturated heterocycles. The quantitative estimate of drug-likeness (QED) is 0.451. The summed E-state index contributed by atoms with van der Waals surface area (Å²) in [7, 11) is 0. The van der Waals surface area contributed by atoms with Gasteiger partial charge in [-0.1, -0.05) is 55.4 Å². The maximum atomic E-state index is 12.2. The predicted octanol–water partition coefficient (Wildman–Crippen LogP) is 5.57. The summed E-state index contributed by atoms with van der Waals surface area (Å²) in [5.41, 5.74) is 0.361. The summed E-state index contributed by atoms with van der Waals surface area (Å²) in [4.78, 5) is 0. The maximum absolute atomic E-state index is 12.2. The molecule has 0 aromatic rings. The Bertz CT molecular complexity index is 893. The van der Waals surface area contributed by atoms with Gasteiger partial charge in [0, 0.05) is 5.41 Å². The number of ether oxygens (including phenoxy) is 1.